The molecule has 1 saturated carbocycles. The average Bonchev–Trinajstić information content (AvgIpc) is 3.66. The van der Waals surface area contributed by atoms with E-state index in [9.17, 15) is 13.2 Å². The molecule has 1 amide bonds. The Kier molecular flexibility index (Phi) is 6.79. The number of sulfonamides is 1. The Morgan fingerprint density at radius 1 is 1.08 bits per heavy atom. The molecule has 2 fully saturated rings. The molecule has 1 aliphatic carbocycles. The van der Waals surface area contributed by atoms with Gasteiger partial charge in [0.25, 0.3) is 10.0 Å². The van der Waals surface area contributed by atoms with Gasteiger partial charge in [-0.3, -0.25) is 9.10 Å². The minimum Gasteiger partial charge on any atom is -0.381 e. The third-order valence-electron chi connectivity index (χ3n) is 7.28. The number of hydrogen-bond donors (Lipinski definition) is 1. The highest BCUT2D eigenvalue weighted by molar-refractivity contribution is 7.92. The van der Waals surface area contributed by atoms with Crippen molar-refractivity contribution in [3.8, 4) is 0 Å². The first-order valence-electron chi connectivity index (χ1n) is 13.0. The summed E-state index contributed by atoms with van der Waals surface area (Å²) >= 11 is 0. The summed E-state index contributed by atoms with van der Waals surface area (Å²) in [5.41, 5.74) is 2.80. The van der Waals surface area contributed by atoms with Gasteiger partial charge in [0.2, 0.25) is 5.91 Å². The lowest BCUT2D eigenvalue weighted by atomic mass is 9.94. The van der Waals surface area contributed by atoms with E-state index in [1.807, 2.05) is 18.2 Å². The second-order valence-electron chi connectivity index (χ2n) is 11.3. The Morgan fingerprint density at radius 3 is 2.38 bits per heavy atom. The predicted molar refractivity (Wildman–Crippen MR) is 145 cm³/mol. The van der Waals surface area contributed by atoms with Crippen molar-refractivity contribution in [2.24, 2.45) is 11.8 Å². The third-order valence-corrected chi connectivity index (χ3v) is 9.08. The van der Waals surface area contributed by atoms with Crippen molar-refractivity contribution in [3.63, 3.8) is 0 Å². The van der Waals surface area contributed by atoms with Crippen LogP contribution < -0.4 is 9.62 Å². The number of fused-ring (bicyclic) bond motifs is 1. The largest absolute Gasteiger partial charge is 0.381 e. The van der Waals surface area contributed by atoms with Gasteiger partial charge in [0.15, 0.2) is 0 Å². The maximum atomic E-state index is 13.4. The van der Waals surface area contributed by atoms with Crippen molar-refractivity contribution < 1.29 is 17.9 Å². The molecule has 9 heteroatoms. The van der Waals surface area contributed by atoms with Gasteiger partial charge in [-0.25, -0.2) is 13.4 Å². The molecular weight excluding hydrogens is 488 g/mol. The lowest BCUT2D eigenvalue weighted by Gasteiger charge is -2.26. The summed E-state index contributed by atoms with van der Waals surface area (Å²) in [6.45, 7) is 8.93. The first-order valence-corrected chi connectivity index (χ1v) is 14.5. The van der Waals surface area contributed by atoms with Gasteiger partial charge < -0.3 is 14.6 Å². The summed E-state index contributed by atoms with van der Waals surface area (Å²) in [5, 5.41) is 2.85. The molecule has 5 rings (SSSR count). The highest BCUT2D eigenvalue weighted by Gasteiger charge is 2.30. The molecule has 3 aromatic rings. The molecular formula is C28H36N4O4S. The fourth-order valence-electron chi connectivity index (χ4n) is 4.86. The number of benzene rings is 2. The lowest BCUT2D eigenvalue weighted by molar-refractivity contribution is -0.117. The summed E-state index contributed by atoms with van der Waals surface area (Å²) in [6, 6.07) is 12.0. The summed E-state index contributed by atoms with van der Waals surface area (Å²) in [5.74, 6) is 1.61. The molecule has 0 unspecified atom stereocenters. The predicted octanol–water partition coefficient (Wildman–Crippen LogP) is 4.93. The van der Waals surface area contributed by atoms with E-state index in [1.54, 1.807) is 19.2 Å². The van der Waals surface area contributed by atoms with Crippen LogP contribution in [-0.2, 0) is 31.5 Å². The number of imidazole rings is 1. The Balaban J connectivity index is 1.41. The monoisotopic (exact) mass is 524 g/mol. The molecule has 1 saturated heterocycles. The van der Waals surface area contributed by atoms with Gasteiger partial charge in [-0.05, 0) is 74.1 Å². The number of nitrogens with one attached hydrogen (secondary N) is 1. The molecule has 0 spiro atoms. The van der Waals surface area contributed by atoms with Crippen molar-refractivity contribution in [2.75, 3.05) is 29.9 Å². The number of amides is 1. The molecule has 0 atom stereocenters. The number of ether oxygens (including phenoxy) is 1. The van der Waals surface area contributed by atoms with Gasteiger partial charge in [-0.1, -0.05) is 20.8 Å². The van der Waals surface area contributed by atoms with Crippen LogP contribution in [0.2, 0.25) is 0 Å². The van der Waals surface area contributed by atoms with Gasteiger partial charge in [0.05, 0.1) is 21.6 Å². The summed E-state index contributed by atoms with van der Waals surface area (Å²) in [7, 11) is -2.23. The Morgan fingerprint density at radius 2 is 1.76 bits per heavy atom. The minimum atomic E-state index is -3.79. The highest BCUT2D eigenvalue weighted by Crippen LogP contribution is 2.33. The van der Waals surface area contributed by atoms with Crippen LogP contribution in [0.3, 0.4) is 0 Å². The zero-order valence-corrected chi connectivity index (χ0v) is 22.8. The second-order valence-corrected chi connectivity index (χ2v) is 13.3. The number of nitrogens with zero attached hydrogens (tertiary/aromatic N) is 3. The zero-order valence-electron chi connectivity index (χ0n) is 22.0. The number of hydrogen-bond acceptors (Lipinski definition) is 5. The standard InChI is InChI=1S/C28H36N4O4S/c1-28(2,3)27-30-24-17-22(9-12-25(24)32(27)18-19-13-15-36-16-14-19)31(4)37(34,35)23-10-7-21(8-11-23)29-26(33)20-5-6-20/h7-12,17,19-20H,5-6,13-16,18H2,1-4H3,(H,29,33). The highest BCUT2D eigenvalue weighted by atomic mass is 32.2. The second kappa shape index (κ2) is 9.76. The van der Waals surface area contributed by atoms with Crippen molar-refractivity contribution in [1.82, 2.24) is 9.55 Å². The van der Waals surface area contributed by atoms with Gasteiger partial charge in [-0.2, -0.15) is 0 Å². The van der Waals surface area contributed by atoms with E-state index in [1.165, 1.54) is 16.4 Å². The topological polar surface area (TPSA) is 93.5 Å². The molecule has 1 aliphatic heterocycles. The van der Waals surface area contributed by atoms with Crippen LogP contribution in [0.15, 0.2) is 47.4 Å². The van der Waals surface area contributed by atoms with Crippen molar-refractivity contribution in [2.45, 2.75) is 63.3 Å². The molecule has 198 valence electrons. The van der Waals surface area contributed by atoms with E-state index in [0.29, 0.717) is 17.3 Å². The number of carbonyl (C=O) groups is 1. The maximum Gasteiger partial charge on any atom is 0.264 e. The van der Waals surface area contributed by atoms with Gasteiger partial charge in [0, 0.05) is 43.8 Å². The molecule has 2 heterocycles. The first-order chi connectivity index (χ1) is 17.5. The molecule has 8 nitrogen and oxygen atoms in total. The molecule has 2 aliphatic rings. The van der Waals surface area contributed by atoms with E-state index >= 15 is 0 Å². The molecule has 0 radical (unpaired) electrons. The first kappa shape index (κ1) is 25.7. The van der Waals surface area contributed by atoms with E-state index in [4.69, 9.17) is 9.72 Å². The number of aromatic nitrogens is 2. The summed E-state index contributed by atoms with van der Waals surface area (Å²) < 4.78 is 36.0. The lowest BCUT2D eigenvalue weighted by Crippen LogP contribution is -2.26. The van der Waals surface area contributed by atoms with Crippen LogP contribution in [0.5, 0.6) is 0 Å². The Bertz CT molecular complexity index is 1400. The van der Waals surface area contributed by atoms with Crippen LogP contribution in [0.25, 0.3) is 11.0 Å². The van der Waals surface area contributed by atoms with E-state index in [0.717, 1.165) is 62.3 Å². The number of anilines is 2. The van der Waals surface area contributed by atoms with Gasteiger partial charge in [0.1, 0.15) is 5.82 Å². The normalized spacial score (nSPS) is 17.2. The quantitative estimate of drug-likeness (QED) is 0.473. The maximum absolute atomic E-state index is 13.4. The van der Waals surface area contributed by atoms with Crippen molar-refractivity contribution >= 4 is 38.3 Å². The van der Waals surface area contributed by atoms with Crippen LogP contribution in [-0.4, -0.2) is 44.1 Å². The van der Waals surface area contributed by atoms with Crippen LogP contribution in [0, 0.1) is 11.8 Å². The zero-order chi connectivity index (χ0) is 26.4. The van der Waals surface area contributed by atoms with Crippen molar-refractivity contribution in [1.29, 1.82) is 0 Å². The number of carbonyl (C=O) groups excluding carboxylic acids is 1. The molecule has 1 N–H and O–H groups in total. The van der Waals surface area contributed by atoms with E-state index < -0.39 is 10.0 Å². The third kappa shape index (κ3) is 5.38. The van der Waals surface area contributed by atoms with Crippen molar-refractivity contribution in [3.05, 3.63) is 48.3 Å². The molecule has 1 aromatic heterocycles. The number of rotatable bonds is 7. The average molecular weight is 525 g/mol. The van der Waals surface area contributed by atoms with Gasteiger partial charge >= 0.3 is 0 Å². The van der Waals surface area contributed by atoms with Crippen LogP contribution >= 0.6 is 0 Å². The smallest absolute Gasteiger partial charge is 0.264 e. The van der Waals surface area contributed by atoms with Crippen LogP contribution in [0.4, 0.5) is 11.4 Å². The Labute approximate surface area is 219 Å². The van der Waals surface area contributed by atoms with E-state index in [2.05, 4.69) is 30.7 Å². The SMILES string of the molecule is CN(c1ccc2c(c1)nc(C(C)(C)C)n2CC1CCOCC1)S(=O)(=O)c1ccc(NC(=O)C2CC2)cc1. The van der Waals surface area contributed by atoms with E-state index in [-0.39, 0.29) is 22.1 Å². The molecule has 37 heavy (non-hydrogen) atoms. The Hall–Kier alpha value is -2.91. The summed E-state index contributed by atoms with van der Waals surface area (Å²) in [6.07, 6.45) is 3.90. The molecule has 2 aromatic carbocycles. The molecule has 0 bridgehead atoms. The fourth-order valence-corrected chi connectivity index (χ4v) is 6.04. The van der Waals surface area contributed by atoms with Crippen LogP contribution in [0.1, 0.15) is 52.3 Å². The summed E-state index contributed by atoms with van der Waals surface area (Å²) in [4.78, 5) is 17.1. The van der Waals surface area contributed by atoms with Gasteiger partial charge in [-0.15, -0.1) is 0 Å². The fraction of sp³-hybridized carbons (Fsp3) is 0.500. The minimum absolute atomic E-state index is 0.00749.